The third-order valence-corrected chi connectivity index (χ3v) is 3.32. The fourth-order valence-electron chi connectivity index (χ4n) is 2.10. The van der Waals surface area contributed by atoms with Crippen molar-refractivity contribution in [2.45, 2.75) is 33.2 Å². The number of amides is 1. The number of nitrogens with one attached hydrogen (secondary N) is 1. The second-order valence-electron chi connectivity index (χ2n) is 5.14. The van der Waals surface area contributed by atoms with Gasteiger partial charge in [-0.05, 0) is 43.6 Å². The molecule has 0 aliphatic carbocycles. The van der Waals surface area contributed by atoms with E-state index in [2.05, 4.69) is 19.2 Å². The van der Waals surface area contributed by atoms with Crippen molar-refractivity contribution in [2.24, 2.45) is 5.92 Å². The van der Waals surface area contributed by atoms with Gasteiger partial charge >= 0.3 is 0 Å². The number of anilines is 1. The molecule has 96 valence electrons. The van der Waals surface area contributed by atoms with Crippen LogP contribution in [0.1, 0.15) is 25.8 Å². The SMILES string of the molecule is Cc1ccc(N2C(=O)[C@@H](CC(C)C)NC2=S)cc1. The van der Waals surface area contributed by atoms with E-state index >= 15 is 0 Å². The lowest BCUT2D eigenvalue weighted by atomic mass is 10.0. The second-order valence-corrected chi connectivity index (χ2v) is 5.53. The average Bonchev–Trinajstić information content (AvgIpc) is 2.55. The minimum absolute atomic E-state index is 0.0533. The molecule has 2 rings (SSSR count). The van der Waals surface area contributed by atoms with E-state index in [1.54, 1.807) is 4.90 Å². The van der Waals surface area contributed by atoms with Crippen LogP contribution in [0.2, 0.25) is 0 Å². The summed E-state index contributed by atoms with van der Waals surface area (Å²) in [7, 11) is 0. The predicted octanol–water partition coefficient (Wildman–Crippen LogP) is 2.63. The Hall–Kier alpha value is -1.42. The highest BCUT2D eigenvalue weighted by Crippen LogP contribution is 2.22. The Morgan fingerprint density at radius 1 is 1.33 bits per heavy atom. The summed E-state index contributed by atoms with van der Waals surface area (Å²) >= 11 is 5.26. The number of benzene rings is 1. The van der Waals surface area contributed by atoms with Crippen LogP contribution in [-0.2, 0) is 4.79 Å². The molecule has 0 radical (unpaired) electrons. The zero-order valence-electron chi connectivity index (χ0n) is 10.9. The van der Waals surface area contributed by atoms with E-state index in [0.717, 1.165) is 12.1 Å². The molecular formula is C14H18N2OS. The third kappa shape index (κ3) is 2.53. The molecule has 1 N–H and O–H groups in total. The van der Waals surface area contributed by atoms with Crippen LogP contribution in [0.5, 0.6) is 0 Å². The topological polar surface area (TPSA) is 32.3 Å². The van der Waals surface area contributed by atoms with Crippen molar-refractivity contribution in [3.05, 3.63) is 29.8 Å². The minimum Gasteiger partial charge on any atom is -0.350 e. The molecule has 0 aromatic heterocycles. The van der Waals surface area contributed by atoms with Crippen LogP contribution in [0, 0.1) is 12.8 Å². The van der Waals surface area contributed by atoms with Gasteiger partial charge in [0, 0.05) is 0 Å². The Kier molecular flexibility index (Phi) is 3.66. The van der Waals surface area contributed by atoms with Crippen molar-refractivity contribution >= 4 is 28.9 Å². The smallest absolute Gasteiger partial charge is 0.255 e. The van der Waals surface area contributed by atoms with Gasteiger partial charge < -0.3 is 5.32 Å². The Balaban J connectivity index is 2.21. The van der Waals surface area contributed by atoms with Crippen molar-refractivity contribution in [2.75, 3.05) is 4.90 Å². The summed E-state index contributed by atoms with van der Waals surface area (Å²) < 4.78 is 0. The molecule has 4 heteroatoms. The number of rotatable bonds is 3. The first-order valence-corrected chi connectivity index (χ1v) is 6.61. The van der Waals surface area contributed by atoms with Crippen molar-refractivity contribution in [3.63, 3.8) is 0 Å². The molecule has 0 bridgehead atoms. The summed E-state index contributed by atoms with van der Waals surface area (Å²) in [6.45, 7) is 6.23. The van der Waals surface area contributed by atoms with Gasteiger partial charge in [-0.3, -0.25) is 9.69 Å². The predicted molar refractivity (Wildman–Crippen MR) is 77.6 cm³/mol. The lowest BCUT2D eigenvalue weighted by molar-refractivity contribution is -0.118. The highest BCUT2D eigenvalue weighted by molar-refractivity contribution is 7.80. The maximum absolute atomic E-state index is 12.3. The van der Waals surface area contributed by atoms with Crippen LogP contribution < -0.4 is 10.2 Å². The molecule has 1 amide bonds. The standard InChI is InChI=1S/C14H18N2OS/c1-9(2)8-12-13(17)16(14(18)15-12)11-6-4-10(3)5-7-11/h4-7,9,12H,8H2,1-3H3,(H,15,18)/t12-/m1/s1. The summed E-state index contributed by atoms with van der Waals surface area (Å²) in [5, 5.41) is 3.61. The first-order chi connectivity index (χ1) is 8.49. The number of thiocarbonyl (C=S) groups is 1. The normalized spacial score (nSPS) is 19.6. The molecule has 18 heavy (non-hydrogen) atoms. The highest BCUT2D eigenvalue weighted by atomic mass is 32.1. The Morgan fingerprint density at radius 3 is 2.50 bits per heavy atom. The van der Waals surface area contributed by atoms with Gasteiger partial charge in [0.15, 0.2) is 5.11 Å². The molecule has 1 aliphatic heterocycles. The molecule has 1 fully saturated rings. The Labute approximate surface area is 113 Å². The van der Waals surface area contributed by atoms with Gasteiger partial charge in [-0.2, -0.15) is 0 Å². The van der Waals surface area contributed by atoms with Crippen molar-refractivity contribution in [3.8, 4) is 0 Å². The van der Waals surface area contributed by atoms with Crippen molar-refractivity contribution in [1.29, 1.82) is 0 Å². The monoisotopic (exact) mass is 262 g/mol. The van der Waals surface area contributed by atoms with Gasteiger partial charge in [-0.15, -0.1) is 0 Å². The van der Waals surface area contributed by atoms with Crippen LogP contribution in [0.3, 0.4) is 0 Å². The highest BCUT2D eigenvalue weighted by Gasteiger charge is 2.36. The zero-order chi connectivity index (χ0) is 13.3. The summed E-state index contributed by atoms with van der Waals surface area (Å²) in [5.74, 6) is 0.518. The molecule has 0 spiro atoms. The van der Waals surface area contributed by atoms with Crippen LogP contribution >= 0.6 is 12.2 Å². The number of carbonyl (C=O) groups is 1. The largest absolute Gasteiger partial charge is 0.350 e. The van der Waals surface area contributed by atoms with Crippen molar-refractivity contribution < 1.29 is 4.79 Å². The number of hydrogen-bond donors (Lipinski definition) is 1. The quantitative estimate of drug-likeness (QED) is 0.850. The van der Waals surface area contributed by atoms with Crippen LogP contribution in [0.4, 0.5) is 5.69 Å². The average molecular weight is 262 g/mol. The molecular weight excluding hydrogens is 244 g/mol. The van der Waals surface area contributed by atoms with E-state index in [-0.39, 0.29) is 11.9 Å². The van der Waals surface area contributed by atoms with Crippen LogP contribution in [-0.4, -0.2) is 17.1 Å². The van der Waals surface area contributed by atoms with Crippen molar-refractivity contribution in [1.82, 2.24) is 5.32 Å². The lowest BCUT2D eigenvalue weighted by Gasteiger charge is -2.15. The van der Waals surface area contributed by atoms with E-state index in [9.17, 15) is 4.79 Å². The fourth-order valence-corrected chi connectivity index (χ4v) is 2.44. The fraction of sp³-hybridized carbons (Fsp3) is 0.429. The third-order valence-electron chi connectivity index (χ3n) is 3.02. The molecule has 1 atom stereocenters. The van der Waals surface area contributed by atoms with E-state index < -0.39 is 0 Å². The molecule has 1 aromatic carbocycles. The molecule has 1 aromatic rings. The first-order valence-electron chi connectivity index (χ1n) is 6.20. The van der Waals surface area contributed by atoms with E-state index in [0.29, 0.717) is 11.0 Å². The molecule has 0 saturated carbocycles. The maximum Gasteiger partial charge on any atom is 0.255 e. The van der Waals surface area contributed by atoms with Gasteiger partial charge in [0.2, 0.25) is 0 Å². The number of aryl methyl sites for hydroxylation is 1. The van der Waals surface area contributed by atoms with Crippen LogP contribution in [0.15, 0.2) is 24.3 Å². The summed E-state index contributed by atoms with van der Waals surface area (Å²) in [5.41, 5.74) is 2.01. The van der Waals surface area contributed by atoms with Gasteiger partial charge in [0.1, 0.15) is 6.04 Å². The lowest BCUT2D eigenvalue weighted by Crippen LogP contribution is -2.31. The van der Waals surface area contributed by atoms with Gasteiger partial charge in [-0.1, -0.05) is 31.5 Å². The molecule has 3 nitrogen and oxygen atoms in total. The number of nitrogens with zero attached hydrogens (tertiary/aromatic N) is 1. The zero-order valence-corrected chi connectivity index (χ0v) is 11.8. The molecule has 1 saturated heterocycles. The van der Waals surface area contributed by atoms with Crippen LogP contribution in [0.25, 0.3) is 0 Å². The first kappa shape index (κ1) is 13.0. The number of carbonyl (C=O) groups excluding carboxylic acids is 1. The Bertz CT molecular complexity index is 467. The minimum atomic E-state index is -0.182. The maximum atomic E-state index is 12.3. The van der Waals surface area contributed by atoms with E-state index in [1.165, 1.54) is 5.56 Å². The molecule has 1 heterocycles. The second kappa shape index (κ2) is 5.06. The van der Waals surface area contributed by atoms with Gasteiger partial charge in [0.05, 0.1) is 5.69 Å². The van der Waals surface area contributed by atoms with Gasteiger partial charge in [0.25, 0.3) is 5.91 Å². The van der Waals surface area contributed by atoms with E-state index in [1.807, 2.05) is 31.2 Å². The summed E-state index contributed by atoms with van der Waals surface area (Å²) in [6, 6.07) is 7.65. The molecule has 1 aliphatic rings. The molecule has 0 unspecified atom stereocenters. The summed E-state index contributed by atoms with van der Waals surface area (Å²) in [4.78, 5) is 13.9. The van der Waals surface area contributed by atoms with E-state index in [4.69, 9.17) is 12.2 Å². The van der Waals surface area contributed by atoms with Gasteiger partial charge in [-0.25, -0.2) is 0 Å². The number of hydrogen-bond acceptors (Lipinski definition) is 2. The Morgan fingerprint density at radius 2 is 1.94 bits per heavy atom. The summed E-state index contributed by atoms with van der Waals surface area (Å²) in [6.07, 6.45) is 0.807.